The van der Waals surface area contributed by atoms with Crippen molar-refractivity contribution in [2.24, 2.45) is 0 Å². The second-order valence-electron chi connectivity index (χ2n) is 7.36. The van der Waals surface area contributed by atoms with Crippen LogP contribution in [-0.4, -0.2) is 38.4 Å². The molecular formula is C24H21F2N7O2. The van der Waals surface area contributed by atoms with E-state index < -0.39 is 11.6 Å². The van der Waals surface area contributed by atoms with Crippen LogP contribution in [0.25, 0.3) is 11.5 Å². The summed E-state index contributed by atoms with van der Waals surface area (Å²) in [5.41, 5.74) is 1.39. The molecule has 0 unspecified atom stereocenters. The third-order valence-electron chi connectivity index (χ3n) is 5.16. The molecule has 0 amide bonds. The number of aromatic nitrogens is 5. The molecule has 35 heavy (non-hydrogen) atoms. The number of pyridine rings is 1. The number of ether oxygens (including phenoxy) is 2. The fraction of sp³-hybridized carbons (Fsp3) is 0.208. The van der Waals surface area contributed by atoms with Gasteiger partial charge in [-0.1, -0.05) is 0 Å². The van der Waals surface area contributed by atoms with Gasteiger partial charge in [0.2, 0.25) is 0 Å². The first-order chi connectivity index (χ1) is 16.9. The molecule has 0 aliphatic rings. The second-order valence-corrected chi connectivity index (χ2v) is 7.36. The van der Waals surface area contributed by atoms with E-state index in [-0.39, 0.29) is 36.0 Å². The molecule has 1 aromatic carbocycles. The van der Waals surface area contributed by atoms with E-state index in [4.69, 9.17) is 9.47 Å². The van der Waals surface area contributed by atoms with E-state index in [1.807, 2.05) is 6.07 Å². The molecule has 0 aliphatic carbocycles. The summed E-state index contributed by atoms with van der Waals surface area (Å²) >= 11 is 0. The molecule has 0 radical (unpaired) electrons. The van der Waals surface area contributed by atoms with Gasteiger partial charge in [0.05, 0.1) is 26.5 Å². The molecule has 4 aromatic rings. The van der Waals surface area contributed by atoms with Crippen LogP contribution in [0.3, 0.4) is 0 Å². The minimum absolute atomic E-state index is 0.0879. The average Bonchev–Trinajstić information content (AvgIpc) is 3.17. The summed E-state index contributed by atoms with van der Waals surface area (Å²) in [6.45, 7) is 3.37. The van der Waals surface area contributed by atoms with E-state index in [0.29, 0.717) is 22.8 Å². The van der Waals surface area contributed by atoms with Crippen molar-refractivity contribution in [3.8, 4) is 29.1 Å². The maximum absolute atomic E-state index is 14.6. The highest BCUT2D eigenvalue weighted by molar-refractivity contribution is 5.66. The lowest BCUT2D eigenvalue weighted by Gasteiger charge is -2.11. The molecule has 4 rings (SSSR count). The predicted octanol–water partition coefficient (Wildman–Crippen LogP) is 4.39. The fourth-order valence-electron chi connectivity index (χ4n) is 3.45. The molecule has 178 valence electrons. The van der Waals surface area contributed by atoms with Gasteiger partial charge in [-0.05, 0) is 26.0 Å². The minimum atomic E-state index is -0.795. The Labute approximate surface area is 200 Å². The highest BCUT2D eigenvalue weighted by Crippen LogP contribution is 2.30. The number of nitriles is 1. The first-order valence-corrected chi connectivity index (χ1v) is 10.6. The highest BCUT2D eigenvalue weighted by Gasteiger charge is 2.22. The van der Waals surface area contributed by atoms with E-state index in [2.05, 4.69) is 25.4 Å². The molecule has 0 saturated heterocycles. The average molecular weight is 477 g/mol. The number of halogens is 2. The van der Waals surface area contributed by atoms with Crippen LogP contribution in [0.5, 0.6) is 11.5 Å². The molecule has 3 heterocycles. The molecule has 0 fully saturated rings. The normalized spacial score (nSPS) is 10.6. The third-order valence-corrected chi connectivity index (χ3v) is 5.16. The topological polar surface area (TPSA) is 111 Å². The van der Waals surface area contributed by atoms with Crippen LogP contribution in [0.4, 0.5) is 20.3 Å². The van der Waals surface area contributed by atoms with E-state index in [1.165, 1.54) is 18.0 Å². The summed E-state index contributed by atoms with van der Waals surface area (Å²) in [5.74, 6) is -0.526. The molecule has 9 nitrogen and oxygen atoms in total. The number of anilines is 2. The Morgan fingerprint density at radius 1 is 1.17 bits per heavy atom. The summed E-state index contributed by atoms with van der Waals surface area (Å²) in [6.07, 6.45) is 4.73. The molecule has 0 bridgehead atoms. The second kappa shape index (κ2) is 10.1. The van der Waals surface area contributed by atoms with Gasteiger partial charge < -0.3 is 14.8 Å². The van der Waals surface area contributed by atoms with Crippen molar-refractivity contribution in [1.29, 1.82) is 5.26 Å². The van der Waals surface area contributed by atoms with Gasteiger partial charge in [-0.2, -0.15) is 10.4 Å². The molecule has 0 atom stereocenters. The molecule has 0 saturated carbocycles. The van der Waals surface area contributed by atoms with Gasteiger partial charge in [0, 0.05) is 41.3 Å². The number of nitrogens with one attached hydrogen (secondary N) is 1. The van der Waals surface area contributed by atoms with Gasteiger partial charge in [-0.3, -0.25) is 4.98 Å². The molecule has 1 N–H and O–H groups in total. The SMILES string of the molecule is CCOc1cc(F)c(Cn2nc(-c3ncc(OC)c(Nc4ccncc4)n3)c(C)c2C#N)c(F)c1. The fourth-order valence-corrected chi connectivity index (χ4v) is 3.45. The highest BCUT2D eigenvalue weighted by atomic mass is 19.1. The number of rotatable bonds is 8. The first kappa shape index (κ1) is 23.6. The van der Waals surface area contributed by atoms with Crippen molar-refractivity contribution in [3.63, 3.8) is 0 Å². The Bertz CT molecular complexity index is 1380. The monoisotopic (exact) mass is 477 g/mol. The summed E-state index contributed by atoms with van der Waals surface area (Å²) in [7, 11) is 1.49. The van der Waals surface area contributed by atoms with Crippen LogP contribution in [0.2, 0.25) is 0 Å². The lowest BCUT2D eigenvalue weighted by molar-refractivity contribution is 0.335. The summed E-state index contributed by atoms with van der Waals surface area (Å²) in [4.78, 5) is 12.8. The van der Waals surface area contributed by atoms with Crippen LogP contribution in [-0.2, 0) is 6.54 Å². The van der Waals surface area contributed by atoms with E-state index in [0.717, 1.165) is 17.8 Å². The number of hydrogen-bond acceptors (Lipinski definition) is 8. The summed E-state index contributed by atoms with van der Waals surface area (Å²) in [6, 6.07) is 7.78. The largest absolute Gasteiger partial charge is 0.494 e. The van der Waals surface area contributed by atoms with Gasteiger partial charge in [-0.15, -0.1) is 0 Å². The molecule has 0 spiro atoms. The van der Waals surface area contributed by atoms with Crippen molar-refractivity contribution in [2.75, 3.05) is 19.0 Å². The van der Waals surface area contributed by atoms with Crippen LogP contribution in [0, 0.1) is 29.9 Å². The Morgan fingerprint density at radius 3 is 2.51 bits per heavy atom. The minimum Gasteiger partial charge on any atom is -0.494 e. The Balaban J connectivity index is 1.72. The standard InChI is InChI=1S/C24H21F2N7O2/c1-4-35-16-9-18(25)17(19(26)10-16)13-33-20(11-27)14(2)22(32-33)24-29-12-21(34-3)23(31-24)30-15-5-7-28-8-6-15/h5-10,12H,4,13H2,1-3H3,(H,28,29,30,31). The van der Waals surface area contributed by atoms with Crippen molar-refractivity contribution in [2.45, 2.75) is 20.4 Å². The van der Waals surface area contributed by atoms with Gasteiger partial charge in [0.25, 0.3) is 0 Å². The number of benzene rings is 1. The molecule has 11 heteroatoms. The van der Waals surface area contributed by atoms with E-state index in [9.17, 15) is 14.0 Å². The van der Waals surface area contributed by atoms with Crippen molar-refractivity contribution in [1.82, 2.24) is 24.7 Å². The van der Waals surface area contributed by atoms with E-state index in [1.54, 1.807) is 38.4 Å². The van der Waals surface area contributed by atoms with Crippen LogP contribution in [0.15, 0.2) is 42.9 Å². The number of nitrogens with zero attached hydrogens (tertiary/aromatic N) is 6. The smallest absolute Gasteiger partial charge is 0.182 e. The first-order valence-electron chi connectivity index (χ1n) is 10.6. The Hall–Kier alpha value is -4.59. The maximum Gasteiger partial charge on any atom is 0.182 e. The molecule has 0 aliphatic heterocycles. The predicted molar refractivity (Wildman–Crippen MR) is 123 cm³/mol. The summed E-state index contributed by atoms with van der Waals surface area (Å²) in [5, 5.41) is 17.3. The van der Waals surface area contributed by atoms with Crippen molar-refractivity contribution in [3.05, 3.63) is 71.3 Å². The van der Waals surface area contributed by atoms with Crippen LogP contribution in [0.1, 0.15) is 23.7 Å². The zero-order valence-electron chi connectivity index (χ0n) is 19.2. The molecule has 3 aromatic heterocycles. The number of methoxy groups -OCH3 is 1. The maximum atomic E-state index is 14.6. The van der Waals surface area contributed by atoms with Gasteiger partial charge in [0.1, 0.15) is 34.8 Å². The molecular weight excluding hydrogens is 456 g/mol. The zero-order valence-corrected chi connectivity index (χ0v) is 19.2. The zero-order chi connectivity index (χ0) is 24.9. The van der Waals surface area contributed by atoms with E-state index >= 15 is 0 Å². The van der Waals surface area contributed by atoms with Crippen molar-refractivity contribution < 1.29 is 18.3 Å². The Morgan fingerprint density at radius 2 is 1.89 bits per heavy atom. The third kappa shape index (κ3) is 4.86. The lowest BCUT2D eigenvalue weighted by Crippen LogP contribution is -2.09. The van der Waals surface area contributed by atoms with Crippen LogP contribution < -0.4 is 14.8 Å². The van der Waals surface area contributed by atoms with Crippen molar-refractivity contribution >= 4 is 11.5 Å². The summed E-state index contributed by atoms with van der Waals surface area (Å²) < 4.78 is 41.0. The lowest BCUT2D eigenvalue weighted by atomic mass is 10.1. The van der Waals surface area contributed by atoms with Gasteiger partial charge >= 0.3 is 0 Å². The van der Waals surface area contributed by atoms with Gasteiger partial charge in [0.15, 0.2) is 17.4 Å². The van der Waals surface area contributed by atoms with Crippen LogP contribution >= 0.6 is 0 Å². The van der Waals surface area contributed by atoms with Gasteiger partial charge in [-0.25, -0.2) is 23.4 Å². The quantitative estimate of drug-likeness (QED) is 0.398. The Kier molecular flexibility index (Phi) is 6.82. The number of hydrogen-bond donors (Lipinski definition) is 1.